The summed E-state index contributed by atoms with van der Waals surface area (Å²) in [7, 11) is -1.51. The van der Waals surface area contributed by atoms with Crippen LogP contribution in [0.4, 0.5) is 0 Å². The average Bonchev–Trinajstić information content (AvgIpc) is 3.25. The van der Waals surface area contributed by atoms with E-state index in [1.807, 2.05) is 30.3 Å². The molecule has 8 nitrogen and oxygen atoms in total. The smallest absolute Gasteiger partial charge is 0.247 e. The zero-order valence-corrected chi connectivity index (χ0v) is 19.0. The normalized spacial score (nSPS) is 11.3. The van der Waals surface area contributed by atoms with Crippen molar-refractivity contribution in [3.8, 4) is 17.2 Å². The van der Waals surface area contributed by atoms with Crippen LogP contribution in [-0.4, -0.2) is 55.9 Å². The topological polar surface area (TPSA) is 103 Å². The monoisotopic (exact) mass is 457 g/mol. The number of hydrogen-bond acceptors (Lipinski definition) is 7. The van der Waals surface area contributed by atoms with Crippen molar-refractivity contribution < 1.29 is 22.4 Å². The molecule has 9 heteroatoms. The number of amides is 1. The van der Waals surface area contributed by atoms with Gasteiger partial charge in [-0.25, -0.2) is 8.42 Å². The van der Waals surface area contributed by atoms with Crippen molar-refractivity contribution in [3.63, 3.8) is 0 Å². The zero-order chi connectivity index (χ0) is 23.0. The first-order valence-electron chi connectivity index (χ1n) is 10.4. The molecule has 0 aliphatic carbocycles. The SMILES string of the molecule is CN(CCCOc1cccc(S(C)(=O)=O)c1)C(=O)CCCc1nnc(-c2ccccc2)o1. The molecule has 0 aliphatic rings. The first-order valence-corrected chi connectivity index (χ1v) is 12.3. The molecule has 0 saturated heterocycles. The van der Waals surface area contributed by atoms with E-state index in [0.29, 0.717) is 56.4 Å². The summed E-state index contributed by atoms with van der Waals surface area (Å²) in [5.74, 6) is 1.53. The Hall–Kier alpha value is -3.20. The van der Waals surface area contributed by atoms with E-state index in [1.165, 1.54) is 12.1 Å². The van der Waals surface area contributed by atoms with Gasteiger partial charge in [0.2, 0.25) is 17.7 Å². The molecule has 1 amide bonds. The molecule has 0 aliphatic heterocycles. The number of aromatic nitrogens is 2. The minimum absolute atomic E-state index is 0.0341. The highest BCUT2D eigenvalue weighted by Crippen LogP contribution is 2.19. The molecule has 0 fully saturated rings. The molecule has 2 aromatic carbocycles. The maximum atomic E-state index is 12.3. The second kappa shape index (κ2) is 10.9. The van der Waals surface area contributed by atoms with Gasteiger partial charge < -0.3 is 14.1 Å². The summed E-state index contributed by atoms with van der Waals surface area (Å²) >= 11 is 0. The third-order valence-electron chi connectivity index (χ3n) is 4.83. The van der Waals surface area contributed by atoms with Crippen LogP contribution < -0.4 is 4.74 Å². The molecule has 3 rings (SSSR count). The Kier molecular flexibility index (Phi) is 7.99. The number of benzene rings is 2. The second-order valence-electron chi connectivity index (χ2n) is 7.48. The average molecular weight is 458 g/mol. The lowest BCUT2D eigenvalue weighted by molar-refractivity contribution is -0.130. The van der Waals surface area contributed by atoms with E-state index in [4.69, 9.17) is 9.15 Å². The second-order valence-corrected chi connectivity index (χ2v) is 9.50. The van der Waals surface area contributed by atoms with Gasteiger partial charge in [0, 0.05) is 38.3 Å². The van der Waals surface area contributed by atoms with Crippen LogP contribution in [0, 0.1) is 0 Å². The highest BCUT2D eigenvalue weighted by atomic mass is 32.2. The number of nitrogens with zero attached hydrogens (tertiary/aromatic N) is 3. The molecule has 0 bridgehead atoms. The number of carbonyl (C=O) groups is 1. The van der Waals surface area contributed by atoms with Crippen LogP contribution in [0.15, 0.2) is 63.9 Å². The number of aryl methyl sites for hydroxylation is 1. The Balaban J connectivity index is 1.35. The fourth-order valence-corrected chi connectivity index (χ4v) is 3.70. The van der Waals surface area contributed by atoms with Crippen LogP contribution in [0.5, 0.6) is 5.75 Å². The van der Waals surface area contributed by atoms with E-state index in [2.05, 4.69) is 10.2 Å². The van der Waals surface area contributed by atoms with Gasteiger partial charge in [-0.15, -0.1) is 10.2 Å². The van der Waals surface area contributed by atoms with Gasteiger partial charge in [0.25, 0.3) is 0 Å². The molecule has 1 aromatic heterocycles. The predicted octanol–water partition coefficient (Wildman–Crippen LogP) is 3.39. The van der Waals surface area contributed by atoms with Crippen molar-refractivity contribution in [2.24, 2.45) is 0 Å². The van der Waals surface area contributed by atoms with Crippen molar-refractivity contribution in [2.45, 2.75) is 30.6 Å². The molecule has 1 heterocycles. The van der Waals surface area contributed by atoms with Crippen molar-refractivity contribution in [2.75, 3.05) is 26.5 Å². The Bertz CT molecular complexity index is 1130. The molecular formula is C23H27N3O5S. The quantitative estimate of drug-likeness (QED) is 0.407. The molecular weight excluding hydrogens is 430 g/mol. The van der Waals surface area contributed by atoms with Gasteiger partial charge in [0.05, 0.1) is 11.5 Å². The fourth-order valence-electron chi connectivity index (χ4n) is 3.04. The minimum Gasteiger partial charge on any atom is -0.493 e. The predicted molar refractivity (Wildman–Crippen MR) is 120 cm³/mol. The molecule has 0 radical (unpaired) electrons. The van der Waals surface area contributed by atoms with Gasteiger partial charge >= 0.3 is 0 Å². The van der Waals surface area contributed by atoms with Gasteiger partial charge in [-0.2, -0.15) is 0 Å². The van der Waals surface area contributed by atoms with Crippen molar-refractivity contribution >= 4 is 15.7 Å². The van der Waals surface area contributed by atoms with Crippen molar-refractivity contribution in [1.29, 1.82) is 0 Å². The molecule has 0 saturated carbocycles. The summed E-state index contributed by atoms with van der Waals surface area (Å²) in [6.45, 7) is 0.929. The minimum atomic E-state index is -3.27. The molecule has 0 N–H and O–H groups in total. The molecule has 32 heavy (non-hydrogen) atoms. The Morgan fingerprint density at radius 3 is 2.59 bits per heavy atom. The standard InChI is InChI=1S/C23H27N3O5S/c1-26(15-8-16-30-19-11-6-12-20(17-19)32(2,28)29)22(27)14-7-13-21-24-25-23(31-21)18-9-4-3-5-10-18/h3-6,9-12,17H,7-8,13-16H2,1-2H3. The summed E-state index contributed by atoms with van der Waals surface area (Å²) in [6, 6.07) is 15.9. The third kappa shape index (κ3) is 6.91. The maximum absolute atomic E-state index is 12.3. The van der Waals surface area contributed by atoms with Gasteiger partial charge in [-0.3, -0.25) is 4.79 Å². The van der Waals surface area contributed by atoms with Crippen molar-refractivity contribution in [1.82, 2.24) is 15.1 Å². The summed E-state index contributed by atoms with van der Waals surface area (Å²) in [6.07, 6.45) is 3.34. The van der Waals surface area contributed by atoms with Crippen LogP contribution >= 0.6 is 0 Å². The lowest BCUT2D eigenvalue weighted by Gasteiger charge is -2.17. The molecule has 3 aromatic rings. The van der Waals surface area contributed by atoms with E-state index >= 15 is 0 Å². The first kappa shape index (κ1) is 23.5. The van der Waals surface area contributed by atoms with Crippen LogP contribution in [0.1, 0.15) is 25.2 Å². The number of sulfone groups is 1. The fraction of sp³-hybridized carbons (Fsp3) is 0.348. The summed E-state index contributed by atoms with van der Waals surface area (Å²) in [5, 5.41) is 8.10. The Morgan fingerprint density at radius 2 is 1.84 bits per heavy atom. The van der Waals surface area contributed by atoms with Crippen LogP contribution in [0.25, 0.3) is 11.5 Å². The summed E-state index contributed by atoms with van der Waals surface area (Å²) in [4.78, 5) is 14.2. The van der Waals surface area contributed by atoms with Gasteiger partial charge in [0.1, 0.15) is 5.75 Å². The Labute approximate surface area is 188 Å². The van der Waals surface area contributed by atoms with E-state index in [9.17, 15) is 13.2 Å². The number of hydrogen-bond donors (Lipinski definition) is 0. The van der Waals surface area contributed by atoms with Crippen LogP contribution in [0.3, 0.4) is 0 Å². The van der Waals surface area contributed by atoms with E-state index < -0.39 is 9.84 Å². The zero-order valence-electron chi connectivity index (χ0n) is 18.2. The highest BCUT2D eigenvalue weighted by molar-refractivity contribution is 7.90. The highest BCUT2D eigenvalue weighted by Gasteiger charge is 2.12. The third-order valence-corrected chi connectivity index (χ3v) is 5.95. The van der Waals surface area contributed by atoms with Crippen molar-refractivity contribution in [3.05, 3.63) is 60.5 Å². The Morgan fingerprint density at radius 1 is 1.06 bits per heavy atom. The van der Waals surface area contributed by atoms with Gasteiger partial charge in [-0.1, -0.05) is 24.3 Å². The first-order chi connectivity index (χ1) is 15.3. The van der Waals surface area contributed by atoms with E-state index in [1.54, 1.807) is 24.1 Å². The lowest BCUT2D eigenvalue weighted by atomic mass is 10.2. The van der Waals surface area contributed by atoms with E-state index in [-0.39, 0.29) is 10.8 Å². The molecule has 0 spiro atoms. The largest absolute Gasteiger partial charge is 0.493 e. The lowest BCUT2D eigenvalue weighted by Crippen LogP contribution is -2.28. The molecule has 0 atom stereocenters. The van der Waals surface area contributed by atoms with Gasteiger partial charge in [0.15, 0.2) is 9.84 Å². The van der Waals surface area contributed by atoms with E-state index in [0.717, 1.165) is 11.8 Å². The number of carbonyl (C=O) groups excluding carboxylic acids is 1. The summed E-state index contributed by atoms with van der Waals surface area (Å²) in [5.41, 5.74) is 0.868. The maximum Gasteiger partial charge on any atom is 0.247 e. The van der Waals surface area contributed by atoms with Crippen LogP contribution in [-0.2, 0) is 21.1 Å². The molecule has 170 valence electrons. The number of ether oxygens (including phenoxy) is 1. The molecule has 0 unspecified atom stereocenters. The van der Waals surface area contributed by atoms with Gasteiger partial charge in [-0.05, 0) is 43.2 Å². The summed E-state index contributed by atoms with van der Waals surface area (Å²) < 4.78 is 34.5. The van der Waals surface area contributed by atoms with Crippen LogP contribution in [0.2, 0.25) is 0 Å². The number of rotatable bonds is 11.